The first-order chi connectivity index (χ1) is 14.3. The minimum Gasteiger partial charge on any atom is -0.355 e. The molecule has 2 N–H and O–H groups in total. The molecule has 2 unspecified atom stereocenters. The van der Waals surface area contributed by atoms with Gasteiger partial charge in [0.2, 0.25) is 0 Å². The van der Waals surface area contributed by atoms with Crippen molar-refractivity contribution in [3.8, 4) is 0 Å². The van der Waals surface area contributed by atoms with Crippen LogP contribution in [0.2, 0.25) is 0 Å². The first kappa shape index (κ1) is 21.9. The molecule has 2 atom stereocenters. The first-order valence-corrected chi connectivity index (χ1v) is 13.0. The van der Waals surface area contributed by atoms with E-state index >= 15 is 0 Å². The smallest absolute Gasteiger partial charge is 0.355 e. The lowest BCUT2D eigenvalue weighted by atomic mass is 9.86. The monoisotopic (exact) mass is 566 g/mol. The number of aromatic amines is 2. The van der Waals surface area contributed by atoms with Gasteiger partial charge in [0.25, 0.3) is 5.56 Å². The van der Waals surface area contributed by atoms with Gasteiger partial charge in [0.15, 0.2) is 4.77 Å². The van der Waals surface area contributed by atoms with Crippen LogP contribution in [0.15, 0.2) is 41.3 Å². The molecule has 1 saturated heterocycles. The zero-order valence-electron chi connectivity index (χ0n) is 15.6. The van der Waals surface area contributed by atoms with Crippen LogP contribution in [0.4, 0.5) is 13.2 Å². The van der Waals surface area contributed by atoms with Crippen molar-refractivity contribution in [2.45, 2.75) is 31.6 Å². The predicted octanol–water partition coefficient (Wildman–Crippen LogP) is 5.75. The molecular formula is C19H18F3IN4OS2. The minimum absolute atomic E-state index is 0.0209. The van der Waals surface area contributed by atoms with Gasteiger partial charge in [-0.1, -0.05) is 24.3 Å². The Morgan fingerprint density at radius 2 is 2.03 bits per heavy atom. The predicted molar refractivity (Wildman–Crippen MR) is 123 cm³/mol. The van der Waals surface area contributed by atoms with Gasteiger partial charge in [0, 0.05) is 40.0 Å². The van der Waals surface area contributed by atoms with E-state index in [0.717, 1.165) is 11.1 Å². The van der Waals surface area contributed by atoms with E-state index < -0.39 is 12.1 Å². The van der Waals surface area contributed by atoms with Crippen molar-refractivity contribution in [1.82, 2.24) is 18.8 Å². The van der Waals surface area contributed by atoms with E-state index in [2.05, 4.69) is 31.2 Å². The summed E-state index contributed by atoms with van der Waals surface area (Å²) >= 11 is 7.50. The first-order valence-electron chi connectivity index (χ1n) is 9.29. The Bertz CT molecular complexity index is 1170. The van der Waals surface area contributed by atoms with Gasteiger partial charge >= 0.3 is 6.18 Å². The standard InChI is InChI=1S/C19H18F3IN4OS2/c20-19(21,22)12-6-8-27(30-23)15(9-12)13-4-2-1-3-11(13)10-26-14-5-7-24-16(14)17(28)25-18(26)29/h1-5,7,12,15,24H,6,8-10H2,(H,25,28,29). The second-order valence-electron chi connectivity index (χ2n) is 7.27. The number of nitrogens with one attached hydrogen (secondary N) is 2. The van der Waals surface area contributed by atoms with Crippen molar-refractivity contribution < 1.29 is 13.2 Å². The number of benzene rings is 1. The van der Waals surface area contributed by atoms with Gasteiger partial charge in [0.05, 0.1) is 18.0 Å². The van der Waals surface area contributed by atoms with E-state index in [1.807, 2.05) is 28.6 Å². The Morgan fingerprint density at radius 1 is 1.27 bits per heavy atom. The fourth-order valence-electron chi connectivity index (χ4n) is 4.04. The van der Waals surface area contributed by atoms with Crippen LogP contribution in [-0.4, -0.2) is 31.6 Å². The molecular weight excluding hydrogens is 548 g/mol. The highest BCUT2D eigenvalue weighted by Crippen LogP contribution is 2.46. The van der Waals surface area contributed by atoms with Crippen molar-refractivity contribution in [2.75, 3.05) is 6.54 Å². The summed E-state index contributed by atoms with van der Waals surface area (Å²) < 4.78 is 44.5. The molecule has 1 aliphatic heterocycles. The molecule has 1 aliphatic rings. The van der Waals surface area contributed by atoms with E-state index in [0.29, 0.717) is 24.1 Å². The number of H-pyrrole nitrogens is 2. The summed E-state index contributed by atoms with van der Waals surface area (Å²) in [6, 6.07) is 8.94. The molecule has 5 nitrogen and oxygen atoms in total. The summed E-state index contributed by atoms with van der Waals surface area (Å²) in [5.74, 6) is -1.32. The molecule has 0 amide bonds. The van der Waals surface area contributed by atoms with Crippen LogP contribution in [0, 0.1) is 10.7 Å². The molecule has 0 radical (unpaired) electrons. The highest BCUT2D eigenvalue weighted by Gasteiger charge is 2.45. The van der Waals surface area contributed by atoms with Gasteiger partial charge in [-0.05, 0) is 51.4 Å². The SMILES string of the molecule is O=c1[nH]c(=S)n(Cc2ccccc2C2CC(C(F)(F)F)CCN2SI)c2cc[nH]c12. The summed E-state index contributed by atoms with van der Waals surface area (Å²) in [6.45, 7) is 0.726. The average Bonchev–Trinajstić information content (AvgIpc) is 3.20. The summed E-state index contributed by atoms with van der Waals surface area (Å²) in [5.41, 5.74) is 2.52. The van der Waals surface area contributed by atoms with Crippen molar-refractivity contribution >= 4 is 53.6 Å². The Morgan fingerprint density at radius 3 is 2.77 bits per heavy atom. The van der Waals surface area contributed by atoms with E-state index in [9.17, 15) is 18.0 Å². The van der Waals surface area contributed by atoms with Crippen LogP contribution in [0.5, 0.6) is 0 Å². The van der Waals surface area contributed by atoms with Gasteiger partial charge in [-0.2, -0.15) is 13.2 Å². The molecule has 4 rings (SSSR count). The van der Waals surface area contributed by atoms with Gasteiger partial charge < -0.3 is 9.55 Å². The maximum atomic E-state index is 13.5. The summed E-state index contributed by atoms with van der Waals surface area (Å²) in [4.78, 5) is 17.7. The minimum atomic E-state index is -4.20. The second kappa shape index (κ2) is 8.67. The summed E-state index contributed by atoms with van der Waals surface area (Å²) in [6.07, 6.45) is -2.41. The number of rotatable bonds is 4. The third-order valence-corrected chi connectivity index (χ3v) is 8.01. The van der Waals surface area contributed by atoms with Gasteiger partial charge in [-0.15, -0.1) is 0 Å². The Balaban J connectivity index is 1.75. The molecule has 30 heavy (non-hydrogen) atoms. The Hall–Kier alpha value is -1.31. The Labute approximate surface area is 191 Å². The lowest BCUT2D eigenvalue weighted by Crippen LogP contribution is -2.38. The van der Waals surface area contributed by atoms with Crippen LogP contribution in [0.1, 0.15) is 30.0 Å². The number of hydrogen-bond donors (Lipinski definition) is 2. The van der Waals surface area contributed by atoms with E-state index in [1.54, 1.807) is 16.8 Å². The Kier molecular flexibility index (Phi) is 6.33. The maximum Gasteiger partial charge on any atom is 0.391 e. The highest BCUT2D eigenvalue weighted by atomic mass is 127. The zero-order valence-corrected chi connectivity index (χ0v) is 19.4. The van der Waals surface area contributed by atoms with Crippen LogP contribution >= 0.6 is 42.5 Å². The van der Waals surface area contributed by atoms with Crippen LogP contribution < -0.4 is 5.56 Å². The number of fused-ring (bicyclic) bond motifs is 1. The molecule has 2 aromatic heterocycles. The number of hydrogen-bond acceptors (Lipinski definition) is 4. The number of piperidine rings is 1. The highest BCUT2D eigenvalue weighted by molar-refractivity contribution is 14.2. The van der Waals surface area contributed by atoms with Crippen molar-refractivity contribution in [1.29, 1.82) is 0 Å². The zero-order chi connectivity index (χ0) is 21.5. The molecule has 0 aliphatic carbocycles. The van der Waals surface area contributed by atoms with Crippen LogP contribution in [0.25, 0.3) is 11.0 Å². The largest absolute Gasteiger partial charge is 0.391 e. The van der Waals surface area contributed by atoms with Crippen molar-refractivity contribution in [3.05, 3.63) is 62.8 Å². The molecule has 0 bridgehead atoms. The topological polar surface area (TPSA) is 56.8 Å². The third-order valence-electron chi connectivity index (χ3n) is 5.56. The van der Waals surface area contributed by atoms with E-state index in [4.69, 9.17) is 12.2 Å². The van der Waals surface area contributed by atoms with Gasteiger partial charge in [-0.3, -0.25) is 9.78 Å². The number of aromatic nitrogens is 3. The molecule has 3 heterocycles. The molecule has 0 spiro atoms. The summed E-state index contributed by atoms with van der Waals surface area (Å²) in [7, 11) is 1.44. The second-order valence-corrected chi connectivity index (χ2v) is 9.45. The van der Waals surface area contributed by atoms with Crippen LogP contribution in [0.3, 0.4) is 0 Å². The fourth-order valence-corrected chi connectivity index (χ4v) is 6.18. The molecule has 3 aromatic rings. The molecule has 160 valence electrons. The van der Waals surface area contributed by atoms with Crippen LogP contribution in [-0.2, 0) is 6.54 Å². The van der Waals surface area contributed by atoms with E-state index in [1.165, 1.54) is 9.12 Å². The molecule has 0 saturated carbocycles. The number of halogens is 4. The number of alkyl halides is 3. The van der Waals surface area contributed by atoms with Crippen molar-refractivity contribution in [2.24, 2.45) is 5.92 Å². The fraction of sp³-hybridized carbons (Fsp3) is 0.368. The van der Waals surface area contributed by atoms with Crippen molar-refractivity contribution in [3.63, 3.8) is 0 Å². The van der Waals surface area contributed by atoms with Gasteiger partial charge in [-0.25, -0.2) is 4.31 Å². The third kappa shape index (κ3) is 4.21. The number of nitrogens with zero attached hydrogens (tertiary/aromatic N) is 2. The summed E-state index contributed by atoms with van der Waals surface area (Å²) in [5, 5.41) is 0. The lowest BCUT2D eigenvalue weighted by Gasteiger charge is -2.39. The average molecular weight is 566 g/mol. The van der Waals surface area contributed by atoms with E-state index in [-0.39, 0.29) is 29.2 Å². The molecule has 1 fully saturated rings. The lowest BCUT2D eigenvalue weighted by molar-refractivity contribution is -0.186. The van der Waals surface area contributed by atoms with Gasteiger partial charge in [0.1, 0.15) is 5.52 Å². The molecule has 1 aromatic carbocycles. The molecule has 11 heteroatoms. The normalized spacial score (nSPS) is 20.7. The maximum absolute atomic E-state index is 13.5. The quantitative estimate of drug-likeness (QED) is 0.240.